The van der Waals surface area contributed by atoms with Crippen LogP contribution in [-0.2, 0) is 0 Å². The first-order valence-electron chi connectivity index (χ1n) is 6.81. The highest BCUT2D eigenvalue weighted by molar-refractivity contribution is 5.88. The molecule has 21 heavy (non-hydrogen) atoms. The zero-order valence-electron chi connectivity index (χ0n) is 11.6. The summed E-state index contributed by atoms with van der Waals surface area (Å²) in [6, 6.07) is 25.6. The Hall–Kier alpha value is -2.94. The lowest BCUT2D eigenvalue weighted by Gasteiger charge is -2.27. The molecular formula is C18H17N3. The highest BCUT2D eigenvalue weighted by Crippen LogP contribution is 2.39. The first-order valence-corrected chi connectivity index (χ1v) is 6.81. The minimum atomic E-state index is 0.713. The third kappa shape index (κ3) is 2.54. The summed E-state index contributed by atoms with van der Waals surface area (Å²) in [7, 11) is 0. The van der Waals surface area contributed by atoms with Crippen LogP contribution in [-0.4, -0.2) is 0 Å². The smallest absolute Gasteiger partial charge is 0.0692 e. The van der Waals surface area contributed by atoms with Crippen LogP contribution in [0.15, 0.2) is 78.9 Å². The number of rotatable bonds is 3. The van der Waals surface area contributed by atoms with Crippen LogP contribution in [0.4, 0.5) is 28.4 Å². The van der Waals surface area contributed by atoms with Crippen molar-refractivity contribution in [2.75, 3.05) is 16.4 Å². The minimum absolute atomic E-state index is 0.713. The largest absolute Gasteiger partial charge is 0.397 e. The fraction of sp³-hybridized carbons (Fsp3) is 0. The lowest BCUT2D eigenvalue weighted by atomic mass is 10.1. The summed E-state index contributed by atoms with van der Waals surface area (Å²) in [5, 5.41) is 0. The Morgan fingerprint density at radius 2 is 0.952 bits per heavy atom. The van der Waals surface area contributed by atoms with Gasteiger partial charge in [0.2, 0.25) is 0 Å². The maximum absolute atomic E-state index is 6.16. The van der Waals surface area contributed by atoms with E-state index in [0.717, 1.165) is 17.1 Å². The lowest BCUT2D eigenvalue weighted by Crippen LogP contribution is -2.13. The summed E-state index contributed by atoms with van der Waals surface area (Å²) < 4.78 is 0. The molecule has 0 saturated heterocycles. The maximum Gasteiger partial charge on any atom is 0.0692 e. The molecule has 0 amide bonds. The van der Waals surface area contributed by atoms with Gasteiger partial charge < -0.3 is 16.4 Å². The number of hydrogen-bond acceptors (Lipinski definition) is 3. The second-order valence-electron chi connectivity index (χ2n) is 4.79. The van der Waals surface area contributed by atoms with Gasteiger partial charge in [0.05, 0.1) is 22.7 Å². The summed E-state index contributed by atoms with van der Waals surface area (Å²) >= 11 is 0. The number of nitrogen functional groups attached to an aromatic ring is 2. The minimum Gasteiger partial charge on any atom is -0.397 e. The monoisotopic (exact) mass is 275 g/mol. The second kappa shape index (κ2) is 5.59. The van der Waals surface area contributed by atoms with Crippen molar-refractivity contribution in [3.8, 4) is 0 Å². The van der Waals surface area contributed by atoms with Crippen LogP contribution in [0.2, 0.25) is 0 Å². The van der Waals surface area contributed by atoms with Crippen molar-refractivity contribution in [3.63, 3.8) is 0 Å². The highest BCUT2D eigenvalue weighted by atomic mass is 15.2. The predicted molar refractivity (Wildman–Crippen MR) is 89.9 cm³/mol. The van der Waals surface area contributed by atoms with Crippen molar-refractivity contribution in [2.45, 2.75) is 0 Å². The van der Waals surface area contributed by atoms with Gasteiger partial charge in [0.15, 0.2) is 0 Å². The summed E-state index contributed by atoms with van der Waals surface area (Å²) in [5.74, 6) is 0. The quantitative estimate of drug-likeness (QED) is 0.700. The zero-order valence-corrected chi connectivity index (χ0v) is 11.6. The van der Waals surface area contributed by atoms with E-state index >= 15 is 0 Å². The van der Waals surface area contributed by atoms with Crippen LogP contribution in [0.1, 0.15) is 0 Å². The average molecular weight is 275 g/mol. The van der Waals surface area contributed by atoms with Gasteiger partial charge in [-0.15, -0.1) is 0 Å². The van der Waals surface area contributed by atoms with E-state index in [2.05, 4.69) is 4.90 Å². The van der Waals surface area contributed by atoms with E-state index in [1.165, 1.54) is 0 Å². The SMILES string of the molecule is Nc1ccccc1N(c1ccccc1)c1ccccc1N. The number of nitrogens with two attached hydrogens (primary N) is 2. The summed E-state index contributed by atoms with van der Waals surface area (Å²) in [6.07, 6.45) is 0. The molecule has 0 radical (unpaired) electrons. The molecule has 3 heteroatoms. The van der Waals surface area contributed by atoms with Gasteiger partial charge >= 0.3 is 0 Å². The summed E-state index contributed by atoms with van der Waals surface area (Å²) in [4.78, 5) is 2.07. The predicted octanol–water partition coefficient (Wildman–Crippen LogP) is 4.32. The molecule has 0 spiro atoms. The number of anilines is 5. The van der Waals surface area contributed by atoms with E-state index in [1.807, 2.05) is 78.9 Å². The van der Waals surface area contributed by atoms with Crippen molar-refractivity contribution in [2.24, 2.45) is 0 Å². The van der Waals surface area contributed by atoms with Crippen LogP contribution in [0.5, 0.6) is 0 Å². The maximum atomic E-state index is 6.16. The van der Waals surface area contributed by atoms with E-state index in [0.29, 0.717) is 11.4 Å². The van der Waals surface area contributed by atoms with Crippen molar-refractivity contribution >= 4 is 28.4 Å². The average Bonchev–Trinajstić information content (AvgIpc) is 2.52. The van der Waals surface area contributed by atoms with Gasteiger partial charge in [-0.2, -0.15) is 0 Å². The van der Waals surface area contributed by atoms with E-state index in [4.69, 9.17) is 11.5 Å². The van der Waals surface area contributed by atoms with Gasteiger partial charge in [0.25, 0.3) is 0 Å². The van der Waals surface area contributed by atoms with Crippen molar-refractivity contribution in [1.29, 1.82) is 0 Å². The molecule has 0 fully saturated rings. The van der Waals surface area contributed by atoms with Gasteiger partial charge in [-0.05, 0) is 36.4 Å². The third-order valence-electron chi connectivity index (χ3n) is 3.37. The number of nitrogens with zero attached hydrogens (tertiary/aromatic N) is 1. The molecular weight excluding hydrogens is 258 g/mol. The Morgan fingerprint density at radius 3 is 1.43 bits per heavy atom. The van der Waals surface area contributed by atoms with Gasteiger partial charge in [-0.3, -0.25) is 0 Å². The van der Waals surface area contributed by atoms with Crippen LogP contribution < -0.4 is 16.4 Å². The standard InChI is InChI=1S/C18H17N3/c19-15-10-4-6-12-17(15)21(14-8-2-1-3-9-14)18-13-7-5-11-16(18)20/h1-13H,19-20H2. The molecule has 104 valence electrons. The Balaban J connectivity index is 2.22. The van der Waals surface area contributed by atoms with Crippen LogP contribution >= 0.6 is 0 Å². The number of benzene rings is 3. The normalized spacial score (nSPS) is 10.3. The summed E-state index contributed by atoms with van der Waals surface area (Å²) in [6.45, 7) is 0. The summed E-state index contributed by atoms with van der Waals surface area (Å²) in [5.41, 5.74) is 16.6. The van der Waals surface area contributed by atoms with Crippen LogP contribution in [0, 0.1) is 0 Å². The molecule has 0 heterocycles. The van der Waals surface area contributed by atoms with Gasteiger partial charge in [-0.25, -0.2) is 0 Å². The number of hydrogen-bond donors (Lipinski definition) is 2. The topological polar surface area (TPSA) is 55.3 Å². The first-order chi connectivity index (χ1) is 10.3. The fourth-order valence-corrected chi connectivity index (χ4v) is 2.37. The molecule has 3 aromatic carbocycles. The van der Waals surface area contributed by atoms with Crippen molar-refractivity contribution in [3.05, 3.63) is 78.9 Å². The van der Waals surface area contributed by atoms with Gasteiger partial charge in [-0.1, -0.05) is 42.5 Å². The molecule has 0 saturated carbocycles. The van der Waals surface area contributed by atoms with Crippen molar-refractivity contribution in [1.82, 2.24) is 0 Å². The Bertz CT molecular complexity index is 693. The number of para-hydroxylation sites is 5. The Morgan fingerprint density at radius 1 is 0.524 bits per heavy atom. The fourth-order valence-electron chi connectivity index (χ4n) is 2.37. The Kier molecular flexibility index (Phi) is 3.48. The van der Waals surface area contributed by atoms with Crippen molar-refractivity contribution < 1.29 is 0 Å². The van der Waals surface area contributed by atoms with E-state index in [-0.39, 0.29) is 0 Å². The molecule has 0 aliphatic heterocycles. The molecule has 4 N–H and O–H groups in total. The van der Waals surface area contributed by atoms with E-state index in [1.54, 1.807) is 0 Å². The molecule has 0 atom stereocenters. The molecule has 0 aromatic heterocycles. The molecule has 3 rings (SSSR count). The second-order valence-corrected chi connectivity index (χ2v) is 4.79. The van der Waals surface area contributed by atoms with Gasteiger partial charge in [0, 0.05) is 5.69 Å². The first kappa shape index (κ1) is 13.1. The van der Waals surface area contributed by atoms with Crippen LogP contribution in [0.3, 0.4) is 0 Å². The molecule has 0 bridgehead atoms. The molecule has 0 aliphatic rings. The molecule has 3 aromatic rings. The van der Waals surface area contributed by atoms with Gasteiger partial charge in [0.1, 0.15) is 0 Å². The third-order valence-corrected chi connectivity index (χ3v) is 3.37. The zero-order chi connectivity index (χ0) is 14.7. The Labute approximate surface area is 124 Å². The molecule has 0 aliphatic carbocycles. The molecule has 0 unspecified atom stereocenters. The lowest BCUT2D eigenvalue weighted by molar-refractivity contribution is 1.29. The van der Waals surface area contributed by atoms with E-state index < -0.39 is 0 Å². The van der Waals surface area contributed by atoms with Crippen LogP contribution in [0.25, 0.3) is 0 Å². The van der Waals surface area contributed by atoms with E-state index in [9.17, 15) is 0 Å². The molecule has 3 nitrogen and oxygen atoms in total. The highest BCUT2D eigenvalue weighted by Gasteiger charge is 2.15.